The molecule has 0 radical (unpaired) electrons. The second kappa shape index (κ2) is 7.27. The van der Waals surface area contributed by atoms with Gasteiger partial charge in [0.05, 0.1) is 6.10 Å². The molecule has 0 aromatic rings. The first-order valence-electron chi connectivity index (χ1n) is 3.15. The Morgan fingerprint density at radius 2 is 2.40 bits per heavy atom. The normalized spacial score (nSPS) is 11.9. The molecular weight excluding hydrogens is 168 g/mol. The van der Waals surface area contributed by atoms with E-state index in [2.05, 4.69) is 11.2 Å². The van der Waals surface area contributed by atoms with Crippen LogP contribution in [0.2, 0.25) is 0 Å². The topological polar surface area (TPSA) is 20.2 Å². The molecule has 0 bridgehead atoms. The average molecular weight is 179 g/mol. The smallest absolute Gasteiger partial charge is 0.0784 e. The summed E-state index contributed by atoms with van der Waals surface area (Å²) >= 11 is 6.89. The predicted molar refractivity (Wildman–Crippen MR) is 47.3 cm³/mol. The molecule has 0 spiro atoms. The molecule has 1 nitrogen and oxygen atoms in total. The molecule has 0 aromatic carbocycles. The van der Waals surface area contributed by atoms with Crippen LogP contribution < -0.4 is 0 Å². The van der Waals surface area contributed by atoms with Crippen molar-refractivity contribution < 1.29 is 5.11 Å². The fourth-order valence-corrected chi connectivity index (χ4v) is 0.776. The summed E-state index contributed by atoms with van der Waals surface area (Å²) in [6, 6.07) is 0. The van der Waals surface area contributed by atoms with E-state index in [0.717, 1.165) is 5.75 Å². The summed E-state index contributed by atoms with van der Waals surface area (Å²) in [5.41, 5.74) is 0. The number of aliphatic hydroxyl groups excluding tert-OH is 1. The Morgan fingerprint density at radius 3 is 2.90 bits per heavy atom. The van der Waals surface area contributed by atoms with Gasteiger partial charge >= 0.3 is 0 Å². The van der Waals surface area contributed by atoms with Gasteiger partial charge in [-0.15, -0.1) is 11.6 Å². The first-order chi connectivity index (χ1) is 4.81. The van der Waals surface area contributed by atoms with Crippen molar-refractivity contribution >= 4 is 23.4 Å². The summed E-state index contributed by atoms with van der Waals surface area (Å²) in [7, 11) is 0. The second-order valence-electron chi connectivity index (χ2n) is 1.72. The second-order valence-corrected chi connectivity index (χ2v) is 3.10. The number of alkyl halides is 1. The minimum absolute atomic E-state index is 0.269. The van der Waals surface area contributed by atoms with Crippen molar-refractivity contribution in [3.05, 3.63) is 0 Å². The summed E-state index contributed by atoms with van der Waals surface area (Å²) in [5, 5.41) is 11.8. The van der Waals surface area contributed by atoms with Crippen molar-refractivity contribution in [2.45, 2.75) is 19.4 Å². The molecule has 0 aliphatic rings. The zero-order valence-electron chi connectivity index (χ0n) is 5.93. The standard InChI is InChI=1S/C7H11ClOS/c1-2-10-5-3-4-7(9)6-8/h7,9H,2,4,6H2,1H3. The van der Waals surface area contributed by atoms with Crippen LogP contribution in [0.5, 0.6) is 0 Å². The van der Waals surface area contributed by atoms with Gasteiger partial charge in [0.25, 0.3) is 0 Å². The molecule has 1 N–H and O–H groups in total. The Hall–Kier alpha value is 0.160. The van der Waals surface area contributed by atoms with Gasteiger partial charge in [-0.1, -0.05) is 24.6 Å². The van der Waals surface area contributed by atoms with Gasteiger partial charge < -0.3 is 5.11 Å². The molecule has 0 aromatic heterocycles. The van der Waals surface area contributed by atoms with Gasteiger partial charge in [-0.05, 0) is 5.25 Å². The van der Waals surface area contributed by atoms with E-state index in [1.807, 2.05) is 6.92 Å². The van der Waals surface area contributed by atoms with Crippen LogP contribution in [-0.4, -0.2) is 22.8 Å². The number of rotatable bonds is 3. The maximum atomic E-state index is 8.91. The van der Waals surface area contributed by atoms with Crippen LogP contribution >= 0.6 is 23.4 Å². The molecule has 0 fully saturated rings. The van der Waals surface area contributed by atoms with Gasteiger partial charge in [-0.3, -0.25) is 0 Å². The number of hydrogen-bond acceptors (Lipinski definition) is 2. The van der Waals surface area contributed by atoms with Gasteiger partial charge in [-0.25, -0.2) is 0 Å². The highest BCUT2D eigenvalue weighted by Gasteiger charge is 1.95. The first kappa shape index (κ1) is 10.2. The lowest BCUT2D eigenvalue weighted by Crippen LogP contribution is -2.05. The van der Waals surface area contributed by atoms with E-state index in [0.29, 0.717) is 6.42 Å². The van der Waals surface area contributed by atoms with Gasteiger partial charge in [-0.2, -0.15) is 0 Å². The number of hydrogen-bond donors (Lipinski definition) is 1. The zero-order chi connectivity index (χ0) is 7.82. The van der Waals surface area contributed by atoms with Crippen LogP contribution in [-0.2, 0) is 0 Å². The van der Waals surface area contributed by atoms with Crippen LogP contribution in [0.25, 0.3) is 0 Å². The number of aliphatic hydroxyl groups is 1. The maximum absolute atomic E-state index is 8.91. The van der Waals surface area contributed by atoms with Crippen molar-refractivity contribution in [2.24, 2.45) is 0 Å². The third kappa shape index (κ3) is 6.28. The molecule has 0 saturated carbocycles. The summed E-state index contributed by atoms with van der Waals surface area (Å²) in [6.07, 6.45) is 0.0165. The summed E-state index contributed by atoms with van der Waals surface area (Å²) in [4.78, 5) is 0. The predicted octanol–water partition coefficient (Wildman–Crippen LogP) is 1.69. The van der Waals surface area contributed by atoms with Crippen molar-refractivity contribution in [1.29, 1.82) is 0 Å². The van der Waals surface area contributed by atoms with E-state index in [4.69, 9.17) is 16.7 Å². The molecule has 0 saturated heterocycles. The molecule has 10 heavy (non-hydrogen) atoms. The molecule has 0 heterocycles. The molecule has 0 rings (SSSR count). The van der Waals surface area contributed by atoms with Crippen LogP contribution in [0.1, 0.15) is 13.3 Å². The lowest BCUT2D eigenvalue weighted by molar-refractivity contribution is 0.204. The Kier molecular flexibility index (Phi) is 7.39. The Morgan fingerprint density at radius 1 is 1.70 bits per heavy atom. The fourth-order valence-electron chi connectivity index (χ4n) is 0.337. The molecule has 0 aliphatic carbocycles. The quantitative estimate of drug-likeness (QED) is 0.525. The van der Waals surface area contributed by atoms with Crippen LogP contribution in [0, 0.1) is 11.2 Å². The third-order valence-corrected chi connectivity index (χ3v) is 1.74. The highest BCUT2D eigenvalue weighted by Crippen LogP contribution is 1.96. The van der Waals surface area contributed by atoms with Crippen LogP contribution in [0.4, 0.5) is 0 Å². The van der Waals surface area contributed by atoms with E-state index >= 15 is 0 Å². The molecule has 3 heteroatoms. The zero-order valence-corrected chi connectivity index (χ0v) is 7.50. The van der Waals surface area contributed by atoms with Crippen molar-refractivity contribution in [1.82, 2.24) is 0 Å². The Bertz CT molecular complexity index is 127. The van der Waals surface area contributed by atoms with Crippen molar-refractivity contribution in [3.63, 3.8) is 0 Å². The minimum atomic E-state index is -0.466. The molecule has 1 atom stereocenters. The van der Waals surface area contributed by atoms with Gasteiger partial charge in [0.1, 0.15) is 0 Å². The summed E-state index contributed by atoms with van der Waals surface area (Å²) in [5.74, 6) is 4.07. The lowest BCUT2D eigenvalue weighted by Gasteiger charge is -1.97. The average Bonchev–Trinajstić information content (AvgIpc) is 1.98. The highest BCUT2D eigenvalue weighted by atomic mass is 35.5. The van der Waals surface area contributed by atoms with E-state index in [-0.39, 0.29) is 5.88 Å². The van der Waals surface area contributed by atoms with E-state index in [1.165, 1.54) is 0 Å². The maximum Gasteiger partial charge on any atom is 0.0784 e. The molecular formula is C7H11ClOS. The molecule has 58 valence electrons. The van der Waals surface area contributed by atoms with Crippen LogP contribution in [0.3, 0.4) is 0 Å². The summed E-state index contributed by atoms with van der Waals surface area (Å²) in [6.45, 7) is 2.04. The van der Waals surface area contributed by atoms with E-state index in [9.17, 15) is 0 Å². The molecule has 0 aliphatic heterocycles. The lowest BCUT2D eigenvalue weighted by atomic mass is 10.3. The van der Waals surface area contributed by atoms with Gasteiger partial charge in [0.2, 0.25) is 0 Å². The number of thioether (sulfide) groups is 1. The number of halogens is 1. The van der Waals surface area contributed by atoms with Gasteiger partial charge in [0.15, 0.2) is 0 Å². The SMILES string of the molecule is CCSC#CCC(O)CCl. The molecule has 1 unspecified atom stereocenters. The monoisotopic (exact) mass is 178 g/mol. The Balaban J connectivity index is 3.26. The minimum Gasteiger partial charge on any atom is -0.391 e. The fraction of sp³-hybridized carbons (Fsp3) is 0.714. The van der Waals surface area contributed by atoms with Crippen LogP contribution in [0.15, 0.2) is 0 Å². The van der Waals surface area contributed by atoms with Gasteiger partial charge in [0, 0.05) is 18.1 Å². The Labute approximate surface area is 71.1 Å². The van der Waals surface area contributed by atoms with E-state index < -0.39 is 6.10 Å². The highest BCUT2D eigenvalue weighted by molar-refractivity contribution is 8.03. The first-order valence-corrected chi connectivity index (χ1v) is 4.67. The van der Waals surface area contributed by atoms with Crippen molar-refractivity contribution in [3.8, 4) is 11.2 Å². The summed E-state index contributed by atoms with van der Waals surface area (Å²) < 4.78 is 0. The van der Waals surface area contributed by atoms with E-state index in [1.54, 1.807) is 11.8 Å². The third-order valence-electron chi connectivity index (χ3n) is 0.804. The largest absolute Gasteiger partial charge is 0.391 e. The van der Waals surface area contributed by atoms with Crippen molar-refractivity contribution in [2.75, 3.05) is 11.6 Å². The molecule has 0 amide bonds.